The quantitative estimate of drug-likeness (QED) is 0.535. The highest BCUT2D eigenvalue weighted by molar-refractivity contribution is 6.30. The Kier molecular flexibility index (Phi) is 5.58. The van der Waals surface area contributed by atoms with Gasteiger partial charge in [0.25, 0.3) is 0 Å². The van der Waals surface area contributed by atoms with Crippen LogP contribution in [0, 0.1) is 0 Å². The van der Waals surface area contributed by atoms with E-state index in [1.807, 2.05) is 24.3 Å². The lowest BCUT2D eigenvalue weighted by Gasteiger charge is -2.21. The van der Waals surface area contributed by atoms with Crippen molar-refractivity contribution in [3.8, 4) is 11.4 Å². The molecule has 0 saturated carbocycles. The van der Waals surface area contributed by atoms with Crippen molar-refractivity contribution in [1.82, 2.24) is 20.4 Å². The number of hydrogen-bond donors (Lipinski definition) is 1. The SMILES string of the molecule is CN=C(NCc1nc(-c2cccc(Cl)c2)no1)N1CCC(c2ccccc2)C1. The van der Waals surface area contributed by atoms with Crippen LogP contribution >= 0.6 is 11.6 Å². The van der Waals surface area contributed by atoms with Crippen molar-refractivity contribution in [2.45, 2.75) is 18.9 Å². The van der Waals surface area contributed by atoms with Crippen molar-refractivity contribution in [2.75, 3.05) is 20.1 Å². The summed E-state index contributed by atoms with van der Waals surface area (Å²) >= 11 is 6.03. The molecule has 2 heterocycles. The first-order valence-corrected chi connectivity index (χ1v) is 9.70. The van der Waals surface area contributed by atoms with Crippen LogP contribution in [0.25, 0.3) is 11.4 Å². The highest BCUT2D eigenvalue weighted by Gasteiger charge is 2.26. The molecule has 1 aromatic heterocycles. The van der Waals surface area contributed by atoms with Gasteiger partial charge in [0.15, 0.2) is 5.96 Å². The van der Waals surface area contributed by atoms with Crippen LogP contribution < -0.4 is 5.32 Å². The minimum Gasteiger partial charge on any atom is -0.347 e. The number of nitrogens with one attached hydrogen (secondary N) is 1. The summed E-state index contributed by atoms with van der Waals surface area (Å²) in [6.07, 6.45) is 1.12. The fourth-order valence-corrected chi connectivity index (χ4v) is 3.70. The Balaban J connectivity index is 1.36. The molecule has 0 aliphatic carbocycles. The fourth-order valence-electron chi connectivity index (χ4n) is 3.51. The number of aliphatic imine (C=N–C) groups is 1. The smallest absolute Gasteiger partial charge is 0.246 e. The maximum atomic E-state index is 6.03. The summed E-state index contributed by atoms with van der Waals surface area (Å²) in [6.45, 7) is 2.34. The van der Waals surface area contributed by atoms with Gasteiger partial charge < -0.3 is 14.7 Å². The largest absolute Gasteiger partial charge is 0.347 e. The molecule has 6 nitrogen and oxygen atoms in total. The summed E-state index contributed by atoms with van der Waals surface area (Å²) in [5.41, 5.74) is 2.21. The number of rotatable bonds is 4. The Bertz CT molecular complexity index is 956. The molecule has 0 radical (unpaired) electrons. The van der Waals surface area contributed by atoms with Crippen molar-refractivity contribution in [3.63, 3.8) is 0 Å². The van der Waals surface area contributed by atoms with Crippen molar-refractivity contribution >= 4 is 17.6 Å². The number of benzene rings is 2. The zero-order chi connectivity index (χ0) is 19.3. The van der Waals surface area contributed by atoms with Gasteiger partial charge >= 0.3 is 0 Å². The number of hydrogen-bond acceptors (Lipinski definition) is 4. The Morgan fingerprint density at radius 1 is 1.25 bits per heavy atom. The number of guanidine groups is 1. The molecule has 7 heteroatoms. The van der Waals surface area contributed by atoms with Crippen LogP contribution in [0.15, 0.2) is 64.1 Å². The first-order valence-electron chi connectivity index (χ1n) is 9.32. The third kappa shape index (κ3) is 4.17. The van der Waals surface area contributed by atoms with Gasteiger partial charge in [-0.1, -0.05) is 59.2 Å². The van der Waals surface area contributed by atoms with E-state index in [0.29, 0.717) is 29.2 Å². The Morgan fingerprint density at radius 2 is 2.11 bits per heavy atom. The van der Waals surface area contributed by atoms with Crippen molar-refractivity contribution in [3.05, 3.63) is 71.1 Å². The highest BCUT2D eigenvalue weighted by atomic mass is 35.5. The summed E-state index contributed by atoms with van der Waals surface area (Å²) in [6, 6.07) is 18.0. The lowest BCUT2D eigenvalue weighted by molar-refractivity contribution is 0.372. The highest BCUT2D eigenvalue weighted by Crippen LogP contribution is 2.27. The van der Waals surface area contributed by atoms with E-state index >= 15 is 0 Å². The fraction of sp³-hybridized carbons (Fsp3) is 0.286. The Labute approximate surface area is 169 Å². The van der Waals surface area contributed by atoms with Gasteiger partial charge in [-0.3, -0.25) is 4.99 Å². The van der Waals surface area contributed by atoms with Crippen molar-refractivity contribution < 1.29 is 4.52 Å². The molecule has 1 aliphatic rings. The minimum absolute atomic E-state index is 0.423. The number of aromatic nitrogens is 2. The first-order chi connectivity index (χ1) is 13.7. The first kappa shape index (κ1) is 18.5. The monoisotopic (exact) mass is 395 g/mol. The molecule has 0 amide bonds. The molecule has 1 saturated heterocycles. The Hall–Kier alpha value is -2.86. The molecule has 1 N–H and O–H groups in total. The van der Waals surface area contributed by atoms with E-state index in [1.165, 1.54) is 5.56 Å². The number of halogens is 1. The summed E-state index contributed by atoms with van der Waals surface area (Å²) in [5.74, 6) is 2.41. The lowest BCUT2D eigenvalue weighted by atomic mass is 9.99. The maximum Gasteiger partial charge on any atom is 0.246 e. The van der Waals surface area contributed by atoms with E-state index in [9.17, 15) is 0 Å². The molecule has 28 heavy (non-hydrogen) atoms. The van der Waals surface area contributed by atoms with E-state index in [4.69, 9.17) is 16.1 Å². The van der Waals surface area contributed by atoms with Crippen LogP contribution in [0.3, 0.4) is 0 Å². The molecule has 1 aliphatic heterocycles. The van der Waals surface area contributed by atoms with Gasteiger partial charge in [-0.15, -0.1) is 0 Å². The zero-order valence-corrected chi connectivity index (χ0v) is 16.4. The number of likely N-dealkylation sites (tertiary alicyclic amines) is 1. The predicted molar refractivity (Wildman–Crippen MR) is 110 cm³/mol. The van der Waals surface area contributed by atoms with Gasteiger partial charge in [-0.2, -0.15) is 4.98 Å². The molecule has 0 bridgehead atoms. The molecule has 2 aromatic carbocycles. The van der Waals surface area contributed by atoms with Crippen molar-refractivity contribution in [2.24, 2.45) is 4.99 Å². The van der Waals surface area contributed by atoms with E-state index in [0.717, 1.165) is 31.0 Å². The predicted octanol–water partition coefficient (Wildman–Crippen LogP) is 3.95. The van der Waals surface area contributed by atoms with Gasteiger partial charge in [-0.25, -0.2) is 0 Å². The summed E-state index contributed by atoms with van der Waals surface area (Å²) in [7, 11) is 1.80. The van der Waals surface area contributed by atoms with Crippen LogP contribution in [0.1, 0.15) is 23.8 Å². The topological polar surface area (TPSA) is 66.5 Å². The van der Waals surface area contributed by atoms with Crippen molar-refractivity contribution in [1.29, 1.82) is 0 Å². The van der Waals surface area contributed by atoms with Gasteiger partial charge in [0, 0.05) is 36.6 Å². The third-order valence-electron chi connectivity index (χ3n) is 4.92. The van der Waals surface area contributed by atoms with E-state index in [-0.39, 0.29) is 0 Å². The summed E-state index contributed by atoms with van der Waals surface area (Å²) in [4.78, 5) is 11.1. The lowest BCUT2D eigenvalue weighted by Crippen LogP contribution is -2.39. The van der Waals surface area contributed by atoms with Crippen LogP contribution in [-0.4, -0.2) is 41.1 Å². The summed E-state index contributed by atoms with van der Waals surface area (Å²) < 4.78 is 5.37. The normalized spacial score (nSPS) is 17.1. The standard InChI is InChI=1S/C21H22ClN5O/c1-23-21(27-11-10-17(14-27)15-6-3-2-4-7-15)24-13-19-25-20(26-28-19)16-8-5-9-18(22)12-16/h2-9,12,17H,10-11,13-14H2,1H3,(H,23,24). The minimum atomic E-state index is 0.423. The molecule has 0 spiro atoms. The Morgan fingerprint density at radius 3 is 2.89 bits per heavy atom. The van der Waals surface area contributed by atoms with Crippen LogP contribution in [-0.2, 0) is 6.54 Å². The molecule has 1 fully saturated rings. The average molecular weight is 396 g/mol. The van der Waals surface area contributed by atoms with Gasteiger partial charge in [-0.05, 0) is 24.1 Å². The zero-order valence-electron chi connectivity index (χ0n) is 15.7. The third-order valence-corrected chi connectivity index (χ3v) is 5.15. The second-order valence-corrected chi connectivity index (χ2v) is 7.20. The maximum absolute atomic E-state index is 6.03. The molecule has 1 atom stereocenters. The molecular weight excluding hydrogens is 374 g/mol. The van der Waals surface area contributed by atoms with Crippen LogP contribution in [0.5, 0.6) is 0 Å². The average Bonchev–Trinajstić information content (AvgIpc) is 3.39. The van der Waals surface area contributed by atoms with Gasteiger partial charge in [0.1, 0.15) is 0 Å². The van der Waals surface area contributed by atoms with Crippen LogP contribution in [0.4, 0.5) is 0 Å². The van der Waals surface area contributed by atoms with E-state index in [2.05, 4.69) is 55.7 Å². The van der Waals surface area contributed by atoms with E-state index < -0.39 is 0 Å². The van der Waals surface area contributed by atoms with E-state index in [1.54, 1.807) is 7.05 Å². The summed E-state index contributed by atoms with van der Waals surface area (Å²) in [5, 5.41) is 8.01. The molecule has 1 unspecified atom stereocenters. The molecule has 3 aromatic rings. The van der Waals surface area contributed by atoms with Crippen LogP contribution in [0.2, 0.25) is 5.02 Å². The molecule has 144 valence electrons. The number of nitrogens with zero attached hydrogens (tertiary/aromatic N) is 4. The second kappa shape index (κ2) is 8.44. The molecular formula is C21H22ClN5O. The van der Waals surface area contributed by atoms with Gasteiger partial charge in [0.2, 0.25) is 11.7 Å². The second-order valence-electron chi connectivity index (χ2n) is 6.77. The molecule has 4 rings (SSSR count). The van der Waals surface area contributed by atoms with Gasteiger partial charge in [0.05, 0.1) is 6.54 Å².